The van der Waals surface area contributed by atoms with Gasteiger partial charge in [-0.1, -0.05) is 0 Å². The second kappa shape index (κ2) is 8.22. The molecule has 0 N–H and O–H groups in total. The minimum Gasteiger partial charge on any atom is -0.378 e. The summed E-state index contributed by atoms with van der Waals surface area (Å²) < 4.78 is 10.9. The highest BCUT2D eigenvalue weighted by atomic mass is 16.5. The van der Waals surface area contributed by atoms with Crippen molar-refractivity contribution in [1.29, 1.82) is 0 Å². The van der Waals surface area contributed by atoms with Crippen LogP contribution < -0.4 is 9.80 Å². The standard InChI is InChI=1S/C18H20N6O3/c25-13-19-15-3-1-14(2-4-15)16-20-17(23-5-9-26-10-6-23)22-18(21-16)24-7-11-27-12-8-24/h1-4H,5-12H2. The third kappa shape index (κ3) is 4.11. The van der Waals surface area contributed by atoms with Crippen LogP contribution in [0.2, 0.25) is 0 Å². The highest BCUT2D eigenvalue weighted by Gasteiger charge is 2.21. The lowest BCUT2D eigenvalue weighted by molar-refractivity contribution is 0.121. The molecular weight excluding hydrogens is 348 g/mol. The molecule has 1 aromatic heterocycles. The number of isocyanates is 1. The van der Waals surface area contributed by atoms with Crippen LogP contribution in [0.25, 0.3) is 11.4 Å². The number of rotatable bonds is 4. The van der Waals surface area contributed by atoms with Gasteiger partial charge in [-0.2, -0.15) is 19.9 Å². The van der Waals surface area contributed by atoms with E-state index in [4.69, 9.17) is 14.5 Å². The van der Waals surface area contributed by atoms with Gasteiger partial charge in [-0.25, -0.2) is 4.79 Å². The van der Waals surface area contributed by atoms with E-state index in [2.05, 4.69) is 24.8 Å². The molecule has 4 rings (SSSR count). The van der Waals surface area contributed by atoms with Gasteiger partial charge in [0.25, 0.3) is 0 Å². The van der Waals surface area contributed by atoms with Gasteiger partial charge >= 0.3 is 0 Å². The van der Waals surface area contributed by atoms with Gasteiger partial charge in [0.1, 0.15) is 0 Å². The smallest absolute Gasteiger partial charge is 0.240 e. The predicted molar refractivity (Wildman–Crippen MR) is 99.1 cm³/mol. The molecule has 0 atom stereocenters. The highest BCUT2D eigenvalue weighted by molar-refractivity contribution is 5.62. The SMILES string of the molecule is O=C=Nc1ccc(-c2nc(N3CCOCC3)nc(N3CCOCC3)n2)cc1. The lowest BCUT2D eigenvalue weighted by Gasteiger charge is -2.30. The molecule has 2 saturated heterocycles. The monoisotopic (exact) mass is 368 g/mol. The lowest BCUT2D eigenvalue weighted by atomic mass is 10.2. The van der Waals surface area contributed by atoms with Crippen LogP contribution in [-0.2, 0) is 14.3 Å². The average molecular weight is 368 g/mol. The molecule has 1 aromatic carbocycles. The fourth-order valence-corrected chi connectivity index (χ4v) is 3.03. The summed E-state index contributed by atoms with van der Waals surface area (Å²) in [7, 11) is 0. The summed E-state index contributed by atoms with van der Waals surface area (Å²) in [6, 6.07) is 7.18. The topological polar surface area (TPSA) is 93.0 Å². The Balaban J connectivity index is 1.71. The summed E-state index contributed by atoms with van der Waals surface area (Å²) in [6.07, 6.45) is 1.54. The van der Waals surface area contributed by atoms with Crippen LogP contribution in [0.1, 0.15) is 0 Å². The van der Waals surface area contributed by atoms with Crippen molar-refractivity contribution >= 4 is 23.7 Å². The van der Waals surface area contributed by atoms with Crippen molar-refractivity contribution in [3.8, 4) is 11.4 Å². The average Bonchev–Trinajstić information content (AvgIpc) is 2.75. The Kier molecular flexibility index (Phi) is 5.34. The Bertz CT molecular complexity index is 789. The number of aromatic nitrogens is 3. The molecule has 0 saturated carbocycles. The molecular formula is C18H20N6O3. The Labute approximate surface area is 156 Å². The third-order valence-corrected chi connectivity index (χ3v) is 4.50. The van der Waals surface area contributed by atoms with Crippen molar-refractivity contribution in [2.45, 2.75) is 0 Å². The van der Waals surface area contributed by atoms with E-state index in [0.717, 1.165) is 31.7 Å². The van der Waals surface area contributed by atoms with E-state index < -0.39 is 0 Å². The fraction of sp³-hybridized carbons (Fsp3) is 0.444. The third-order valence-electron chi connectivity index (χ3n) is 4.50. The van der Waals surface area contributed by atoms with Crippen molar-refractivity contribution < 1.29 is 14.3 Å². The molecule has 140 valence electrons. The van der Waals surface area contributed by atoms with Crippen LogP contribution in [-0.4, -0.2) is 73.6 Å². The first-order valence-corrected chi connectivity index (χ1v) is 8.93. The zero-order valence-electron chi connectivity index (χ0n) is 14.9. The Hall–Kier alpha value is -2.87. The number of ether oxygens (including phenoxy) is 2. The molecule has 0 unspecified atom stereocenters. The first kappa shape index (κ1) is 17.5. The fourth-order valence-electron chi connectivity index (χ4n) is 3.03. The Morgan fingerprint density at radius 1 is 0.815 bits per heavy atom. The summed E-state index contributed by atoms with van der Waals surface area (Å²) in [5.41, 5.74) is 1.39. The van der Waals surface area contributed by atoms with E-state index in [1.54, 1.807) is 18.2 Å². The van der Waals surface area contributed by atoms with Crippen molar-refractivity contribution in [3.05, 3.63) is 24.3 Å². The maximum atomic E-state index is 10.4. The maximum Gasteiger partial charge on any atom is 0.240 e. The van der Waals surface area contributed by atoms with Gasteiger partial charge in [0.2, 0.25) is 18.0 Å². The van der Waals surface area contributed by atoms with Gasteiger partial charge in [-0.3, -0.25) is 0 Å². The summed E-state index contributed by atoms with van der Waals surface area (Å²) in [5.74, 6) is 1.90. The molecule has 2 fully saturated rings. The number of hydrogen-bond donors (Lipinski definition) is 0. The number of aliphatic imine (C=N–C) groups is 1. The zero-order chi connectivity index (χ0) is 18.5. The summed E-state index contributed by atoms with van der Waals surface area (Å²) in [4.78, 5) is 32.3. The lowest BCUT2D eigenvalue weighted by Crippen LogP contribution is -2.40. The second-order valence-corrected chi connectivity index (χ2v) is 6.21. The first-order chi connectivity index (χ1) is 13.3. The van der Waals surface area contributed by atoms with E-state index in [-0.39, 0.29) is 0 Å². The van der Waals surface area contributed by atoms with Gasteiger partial charge in [0, 0.05) is 31.7 Å². The molecule has 2 aliphatic heterocycles. The van der Waals surface area contributed by atoms with Crippen LogP contribution in [0.4, 0.5) is 17.6 Å². The summed E-state index contributed by atoms with van der Waals surface area (Å²) in [6.45, 7) is 5.63. The van der Waals surface area contributed by atoms with Gasteiger partial charge in [0.05, 0.1) is 32.1 Å². The second-order valence-electron chi connectivity index (χ2n) is 6.21. The minimum absolute atomic E-state index is 0.546. The van der Waals surface area contributed by atoms with Crippen molar-refractivity contribution in [2.75, 3.05) is 62.4 Å². The Morgan fingerprint density at radius 3 is 1.81 bits per heavy atom. The highest BCUT2D eigenvalue weighted by Crippen LogP contribution is 2.24. The van der Waals surface area contributed by atoms with E-state index in [0.29, 0.717) is 49.8 Å². The van der Waals surface area contributed by atoms with E-state index in [1.807, 2.05) is 12.1 Å². The minimum atomic E-state index is 0.546. The van der Waals surface area contributed by atoms with Gasteiger partial charge < -0.3 is 19.3 Å². The normalized spacial score (nSPS) is 17.5. The number of carbonyl (C=O) groups excluding carboxylic acids is 1. The van der Waals surface area contributed by atoms with Crippen molar-refractivity contribution in [2.24, 2.45) is 4.99 Å². The first-order valence-electron chi connectivity index (χ1n) is 8.93. The summed E-state index contributed by atoms with van der Waals surface area (Å²) >= 11 is 0. The molecule has 2 aromatic rings. The molecule has 0 bridgehead atoms. The summed E-state index contributed by atoms with van der Waals surface area (Å²) in [5, 5.41) is 0. The zero-order valence-corrected chi connectivity index (χ0v) is 14.9. The molecule has 0 amide bonds. The molecule has 27 heavy (non-hydrogen) atoms. The number of nitrogens with zero attached hydrogens (tertiary/aromatic N) is 6. The number of anilines is 2. The van der Waals surface area contributed by atoms with Crippen LogP contribution in [0.3, 0.4) is 0 Å². The molecule has 9 nitrogen and oxygen atoms in total. The quantitative estimate of drug-likeness (QED) is 0.587. The van der Waals surface area contributed by atoms with Crippen LogP contribution in [0.5, 0.6) is 0 Å². The van der Waals surface area contributed by atoms with Gasteiger partial charge in [-0.15, -0.1) is 0 Å². The maximum absolute atomic E-state index is 10.4. The van der Waals surface area contributed by atoms with Gasteiger partial charge in [-0.05, 0) is 24.3 Å². The molecule has 9 heteroatoms. The van der Waals surface area contributed by atoms with E-state index >= 15 is 0 Å². The number of benzene rings is 1. The number of morpholine rings is 2. The molecule has 0 radical (unpaired) electrons. The molecule has 3 heterocycles. The molecule has 0 spiro atoms. The van der Waals surface area contributed by atoms with E-state index in [9.17, 15) is 4.79 Å². The van der Waals surface area contributed by atoms with Crippen LogP contribution in [0, 0.1) is 0 Å². The van der Waals surface area contributed by atoms with Crippen LogP contribution >= 0.6 is 0 Å². The Morgan fingerprint density at radius 2 is 1.33 bits per heavy atom. The van der Waals surface area contributed by atoms with E-state index in [1.165, 1.54) is 0 Å². The molecule has 2 aliphatic rings. The molecule has 0 aliphatic carbocycles. The predicted octanol–water partition coefficient (Wildman–Crippen LogP) is 1.18. The largest absolute Gasteiger partial charge is 0.378 e. The van der Waals surface area contributed by atoms with Gasteiger partial charge in [0.15, 0.2) is 5.82 Å². The van der Waals surface area contributed by atoms with Crippen LogP contribution in [0.15, 0.2) is 29.3 Å². The number of hydrogen-bond acceptors (Lipinski definition) is 9. The van der Waals surface area contributed by atoms with Crippen molar-refractivity contribution in [1.82, 2.24) is 15.0 Å². The van der Waals surface area contributed by atoms with Crippen molar-refractivity contribution in [3.63, 3.8) is 0 Å².